The van der Waals surface area contributed by atoms with Crippen LogP contribution in [-0.2, 0) is 12.4 Å². The summed E-state index contributed by atoms with van der Waals surface area (Å²) in [6, 6.07) is 1.22. The van der Waals surface area contributed by atoms with Gasteiger partial charge in [-0.15, -0.1) is 11.6 Å². The molecule has 0 aliphatic heterocycles. The Morgan fingerprint density at radius 2 is 2.16 bits per heavy atom. The van der Waals surface area contributed by atoms with Crippen molar-refractivity contribution in [3.8, 4) is 11.4 Å². The molecule has 0 saturated heterocycles. The van der Waals surface area contributed by atoms with Crippen LogP contribution in [0, 0.1) is 0 Å². The maximum absolute atomic E-state index is 12.2. The molecular formula is C10H8ClF3N4O. The van der Waals surface area contributed by atoms with Gasteiger partial charge in [0, 0.05) is 12.3 Å². The third-order valence-corrected chi connectivity index (χ3v) is 2.45. The normalized spacial score (nSPS) is 11.8. The SMILES string of the molecule is O=c1cc(CCl)nc(-c2cnn(CC(F)(F)F)c2)[nH]1. The van der Waals surface area contributed by atoms with Crippen LogP contribution in [0.3, 0.4) is 0 Å². The Balaban J connectivity index is 2.32. The van der Waals surface area contributed by atoms with Crippen LogP contribution in [-0.4, -0.2) is 25.9 Å². The molecule has 0 amide bonds. The summed E-state index contributed by atoms with van der Waals surface area (Å²) in [7, 11) is 0. The molecule has 0 bridgehead atoms. The van der Waals surface area contributed by atoms with E-state index in [4.69, 9.17) is 11.6 Å². The molecule has 19 heavy (non-hydrogen) atoms. The van der Waals surface area contributed by atoms with E-state index >= 15 is 0 Å². The molecule has 2 aromatic rings. The fourth-order valence-electron chi connectivity index (χ4n) is 1.47. The first-order chi connectivity index (χ1) is 8.87. The summed E-state index contributed by atoms with van der Waals surface area (Å²) in [6.07, 6.45) is -2.01. The standard InChI is InChI=1S/C10H8ClF3N4O/c11-2-7-1-8(19)17-9(16-7)6-3-15-18(4-6)5-10(12,13)14/h1,3-4H,2,5H2,(H,16,17,19). The number of hydrogen-bond acceptors (Lipinski definition) is 3. The second kappa shape index (κ2) is 5.04. The lowest BCUT2D eigenvalue weighted by Crippen LogP contribution is -2.17. The third kappa shape index (κ3) is 3.57. The number of aromatic amines is 1. The van der Waals surface area contributed by atoms with Crippen LogP contribution in [0.5, 0.6) is 0 Å². The Kier molecular flexibility index (Phi) is 3.61. The summed E-state index contributed by atoms with van der Waals surface area (Å²) in [6.45, 7) is -1.20. The first-order valence-corrected chi connectivity index (χ1v) is 5.66. The molecule has 0 atom stereocenters. The van der Waals surface area contributed by atoms with Gasteiger partial charge in [-0.3, -0.25) is 9.48 Å². The van der Waals surface area contributed by atoms with Crippen molar-refractivity contribution in [3.05, 3.63) is 34.5 Å². The van der Waals surface area contributed by atoms with E-state index in [0.717, 1.165) is 10.9 Å². The van der Waals surface area contributed by atoms with Gasteiger partial charge in [-0.05, 0) is 0 Å². The number of alkyl halides is 4. The van der Waals surface area contributed by atoms with Crippen molar-refractivity contribution < 1.29 is 13.2 Å². The van der Waals surface area contributed by atoms with Crippen molar-refractivity contribution in [2.45, 2.75) is 18.6 Å². The lowest BCUT2D eigenvalue weighted by molar-refractivity contribution is -0.142. The molecule has 0 fully saturated rings. The van der Waals surface area contributed by atoms with Gasteiger partial charge in [0.2, 0.25) is 0 Å². The van der Waals surface area contributed by atoms with E-state index in [-0.39, 0.29) is 17.3 Å². The van der Waals surface area contributed by atoms with Crippen LogP contribution in [0.1, 0.15) is 5.69 Å². The largest absolute Gasteiger partial charge is 0.408 e. The van der Waals surface area contributed by atoms with Crippen LogP contribution in [0.2, 0.25) is 0 Å². The minimum absolute atomic E-state index is 0.0353. The average molecular weight is 293 g/mol. The molecule has 1 N–H and O–H groups in total. The number of rotatable bonds is 3. The van der Waals surface area contributed by atoms with E-state index in [1.54, 1.807) is 0 Å². The summed E-state index contributed by atoms with van der Waals surface area (Å²) >= 11 is 5.57. The molecule has 0 aliphatic rings. The zero-order chi connectivity index (χ0) is 14.0. The molecule has 9 heteroatoms. The van der Waals surface area contributed by atoms with Gasteiger partial charge in [-0.25, -0.2) is 4.98 Å². The molecular weight excluding hydrogens is 285 g/mol. The number of H-pyrrole nitrogens is 1. The van der Waals surface area contributed by atoms with Gasteiger partial charge in [-0.1, -0.05) is 0 Å². The topological polar surface area (TPSA) is 63.6 Å². The number of aromatic nitrogens is 4. The molecule has 102 valence electrons. The van der Waals surface area contributed by atoms with Gasteiger partial charge in [0.05, 0.1) is 23.3 Å². The molecule has 0 radical (unpaired) electrons. The Morgan fingerprint density at radius 1 is 1.42 bits per heavy atom. The predicted molar refractivity (Wildman–Crippen MR) is 61.7 cm³/mol. The molecule has 0 saturated carbocycles. The van der Waals surface area contributed by atoms with Crippen molar-refractivity contribution in [3.63, 3.8) is 0 Å². The minimum Gasteiger partial charge on any atom is -0.306 e. The van der Waals surface area contributed by atoms with Gasteiger partial charge in [-0.2, -0.15) is 18.3 Å². The quantitative estimate of drug-likeness (QED) is 0.879. The fraction of sp³-hybridized carbons (Fsp3) is 0.300. The van der Waals surface area contributed by atoms with Crippen LogP contribution in [0.25, 0.3) is 11.4 Å². The van der Waals surface area contributed by atoms with E-state index < -0.39 is 18.3 Å². The zero-order valence-corrected chi connectivity index (χ0v) is 10.2. The van der Waals surface area contributed by atoms with Crippen molar-refractivity contribution in [1.29, 1.82) is 0 Å². The van der Waals surface area contributed by atoms with E-state index in [1.807, 2.05) is 0 Å². The summed E-state index contributed by atoms with van der Waals surface area (Å²) in [5, 5.41) is 3.56. The van der Waals surface area contributed by atoms with Crippen LogP contribution in [0.4, 0.5) is 13.2 Å². The third-order valence-electron chi connectivity index (χ3n) is 2.18. The van der Waals surface area contributed by atoms with Gasteiger partial charge in [0.1, 0.15) is 12.4 Å². The second-order valence-corrected chi connectivity index (χ2v) is 4.03. The van der Waals surface area contributed by atoms with Crippen molar-refractivity contribution >= 4 is 11.6 Å². The zero-order valence-electron chi connectivity index (χ0n) is 9.41. The minimum atomic E-state index is -4.36. The average Bonchev–Trinajstić information content (AvgIpc) is 2.74. The second-order valence-electron chi connectivity index (χ2n) is 3.76. The molecule has 0 aliphatic carbocycles. The lowest BCUT2D eigenvalue weighted by Gasteiger charge is -2.05. The maximum atomic E-state index is 12.2. The monoisotopic (exact) mass is 292 g/mol. The van der Waals surface area contributed by atoms with Gasteiger partial charge in [0.25, 0.3) is 5.56 Å². The highest BCUT2D eigenvalue weighted by molar-refractivity contribution is 6.16. The maximum Gasteiger partial charge on any atom is 0.408 e. The van der Waals surface area contributed by atoms with Crippen LogP contribution >= 0.6 is 11.6 Å². The van der Waals surface area contributed by atoms with Crippen molar-refractivity contribution in [1.82, 2.24) is 19.7 Å². The number of nitrogens with zero attached hydrogens (tertiary/aromatic N) is 3. The molecule has 0 unspecified atom stereocenters. The van der Waals surface area contributed by atoms with Gasteiger partial charge < -0.3 is 4.98 Å². The van der Waals surface area contributed by atoms with Gasteiger partial charge in [0.15, 0.2) is 0 Å². The molecule has 0 spiro atoms. The van der Waals surface area contributed by atoms with Crippen molar-refractivity contribution in [2.75, 3.05) is 0 Å². The Bertz CT molecular complexity index is 634. The summed E-state index contributed by atoms with van der Waals surface area (Å²) in [5.74, 6) is 0.171. The number of nitrogens with one attached hydrogen (secondary N) is 1. The first-order valence-electron chi connectivity index (χ1n) is 5.13. The highest BCUT2D eigenvalue weighted by atomic mass is 35.5. The molecule has 2 rings (SSSR count). The Labute approximate surface area is 110 Å². The number of hydrogen-bond donors (Lipinski definition) is 1. The fourth-order valence-corrected chi connectivity index (χ4v) is 1.61. The van der Waals surface area contributed by atoms with Crippen molar-refractivity contribution in [2.24, 2.45) is 0 Å². The highest BCUT2D eigenvalue weighted by Gasteiger charge is 2.28. The smallest absolute Gasteiger partial charge is 0.306 e. The van der Waals surface area contributed by atoms with E-state index in [1.165, 1.54) is 12.3 Å². The molecule has 5 nitrogen and oxygen atoms in total. The summed E-state index contributed by atoms with van der Waals surface area (Å²) in [4.78, 5) is 17.7. The van der Waals surface area contributed by atoms with Gasteiger partial charge >= 0.3 is 6.18 Å². The Morgan fingerprint density at radius 3 is 2.79 bits per heavy atom. The predicted octanol–water partition coefficient (Wildman–Crippen LogP) is 1.93. The summed E-state index contributed by atoms with van der Waals surface area (Å²) in [5.41, 5.74) is 0.196. The van der Waals surface area contributed by atoms with E-state index in [2.05, 4.69) is 15.1 Å². The summed E-state index contributed by atoms with van der Waals surface area (Å²) < 4.78 is 37.3. The van der Waals surface area contributed by atoms with E-state index in [9.17, 15) is 18.0 Å². The van der Waals surface area contributed by atoms with Crippen LogP contribution in [0.15, 0.2) is 23.3 Å². The number of halogens is 4. The first kappa shape index (κ1) is 13.6. The Hall–Kier alpha value is -1.83. The highest BCUT2D eigenvalue weighted by Crippen LogP contribution is 2.19. The lowest BCUT2D eigenvalue weighted by atomic mass is 10.3. The molecule has 2 aromatic heterocycles. The van der Waals surface area contributed by atoms with Crippen LogP contribution < -0.4 is 5.56 Å². The molecule has 2 heterocycles. The van der Waals surface area contributed by atoms with E-state index in [0.29, 0.717) is 5.69 Å². The molecule has 0 aromatic carbocycles.